The molecular weight excluding hydrogens is 366 g/mol. The fourth-order valence-corrected chi connectivity index (χ4v) is 3.58. The Morgan fingerprint density at radius 2 is 2.07 bits per heavy atom. The van der Waals surface area contributed by atoms with Crippen LogP contribution in [0.3, 0.4) is 0 Å². The number of esters is 1. The Hall–Kier alpha value is -2.74. The first-order chi connectivity index (χ1) is 13.0. The van der Waals surface area contributed by atoms with Gasteiger partial charge in [-0.2, -0.15) is 0 Å². The van der Waals surface area contributed by atoms with Crippen molar-refractivity contribution in [1.29, 1.82) is 0 Å². The number of anilines is 2. The zero-order valence-corrected chi connectivity index (χ0v) is 16.0. The molecule has 0 saturated carbocycles. The van der Waals surface area contributed by atoms with Crippen molar-refractivity contribution < 1.29 is 19.1 Å². The van der Waals surface area contributed by atoms with Crippen LogP contribution in [0.4, 0.5) is 10.8 Å². The average molecular weight is 387 g/mol. The van der Waals surface area contributed by atoms with Crippen molar-refractivity contribution in [3.05, 3.63) is 40.9 Å². The number of hydrogen-bond donors (Lipinski definition) is 1. The Balaban J connectivity index is 1.59. The highest BCUT2D eigenvalue weighted by Crippen LogP contribution is 2.27. The summed E-state index contributed by atoms with van der Waals surface area (Å²) in [5.74, 6) is -1.09. The van der Waals surface area contributed by atoms with Gasteiger partial charge in [-0.1, -0.05) is 17.7 Å². The SMILES string of the molecule is CCOC(=O)Cc1csc(NC(=O)C2CC(=O)N(c3ccc(C)cc3)C2)n1. The van der Waals surface area contributed by atoms with E-state index in [0.29, 0.717) is 24.0 Å². The lowest BCUT2D eigenvalue weighted by Crippen LogP contribution is -2.28. The largest absolute Gasteiger partial charge is 0.466 e. The third-order valence-electron chi connectivity index (χ3n) is 4.25. The van der Waals surface area contributed by atoms with Crippen LogP contribution in [0, 0.1) is 12.8 Å². The predicted molar refractivity (Wildman–Crippen MR) is 103 cm³/mol. The van der Waals surface area contributed by atoms with Gasteiger partial charge in [-0.15, -0.1) is 11.3 Å². The number of benzene rings is 1. The van der Waals surface area contributed by atoms with Gasteiger partial charge in [-0.05, 0) is 26.0 Å². The molecule has 1 aliphatic rings. The minimum atomic E-state index is -0.434. The van der Waals surface area contributed by atoms with E-state index in [0.717, 1.165) is 11.3 Å². The maximum absolute atomic E-state index is 12.5. The third-order valence-corrected chi connectivity index (χ3v) is 5.06. The first kappa shape index (κ1) is 19.0. The molecule has 0 bridgehead atoms. The lowest BCUT2D eigenvalue weighted by atomic mass is 10.1. The molecule has 1 aromatic heterocycles. The Bertz CT molecular complexity index is 847. The number of rotatable bonds is 6. The standard InChI is InChI=1S/C19H21N3O4S/c1-3-26-17(24)9-14-11-27-19(20-14)21-18(25)13-8-16(23)22(10-13)15-6-4-12(2)5-7-15/h4-7,11,13H,3,8-10H2,1-2H3,(H,20,21,25). The van der Waals surface area contributed by atoms with Gasteiger partial charge in [-0.25, -0.2) is 4.98 Å². The Labute approximate surface area is 161 Å². The molecule has 7 nitrogen and oxygen atoms in total. The summed E-state index contributed by atoms with van der Waals surface area (Å²) in [6.07, 6.45) is 0.240. The third kappa shape index (κ3) is 4.71. The van der Waals surface area contributed by atoms with Crippen molar-refractivity contribution in [2.75, 3.05) is 23.4 Å². The van der Waals surface area contributed by atoms with E-state index in [4.69, 9.17) is 4.74 Å². The zero-order valence-electron chi connectivity index (χ0n) is 15.2. The van der Waals surface area contributed by atoms with Crippen molar-refractivity contribution in [3.63, 3.8) is 0 Å². The smallest absolute Gasteiger partial charge is 0.311 e. The van der Waals surface area contributed by atoms with Crippen LogP contribution in [0.2, 0.25) is 0 Å². The molecule has 1 fully saturated rings. The average Bonchev–Trinajstić information content (AvgIpc) is 3.22. The number of carbonyl (C=O) groups excluding carboxylic acids is 3. The molecule has 0 radical (unpaired) electrons. The molecule has 1 aromatic carbocycles. The molecule has 8 heteroatoms. The first-order valence-corrected chi connectivity index (χ1v) is 9.62. The monoisotopic (exact) mass is 387 g/mol. The minimum absolute atomic E-state index is 0.0684. The van der Waals surface area contributed by atoms with E-state index in [2.05, 4.69) is 10.3 Å². The number of thiazole rings is 1. The van der Waals surface area contributed by atoms with Gasteiger partial charge in [0.15, 0.2) is 5.13 Å². The van der Waals surface area contributed by atoms with E-state index in [1.165, 1.54) is 11.3 Å². The van der Waals surface area contributed by atoms with Crippen molar-refractivity contribution >= 4 is 39.9 Å². The molecule has 1 N–H and O–H groups in total. The molecule has 2 aromatic rings. The van der Waals surface area contributed by atoms with Gasteiger partial charge in [-0.3, -0.25) is 14.4 Å². The first-order valence-electron chi connectivity index (χ1n) is 8.74. The quantitative estimate of drug-likeness (QED) is 0.770. The normalized spacial score (nSPS) is 16.4. The second kappa shape index (κ2) is 8.30. The molecule has 1 atom stereocenters. The maximum atomic E-state index is 12.5. The number of nitrogens with zero attached hydrogens (tertiary/aromatic N) is 2. The second-order valence-corrected chi connectivity index (χ2v) is 7.21. The summed E-state index contributed by atoms with van der Waals surface area (Å²) >= 11 is 1.25. The van der Waals surface area contributed by atoms with E-state index in [-0.39, 0.29) is 30.6 Å². The molecule has 1 aliphatic heterocycles. The number of aromatic nitrogens is 1. The molecule has 0 spiro atoms. The molecule has 3 rings (SSSR count). The van der Waals surface area contributed by atoms with Crippen LogP contribution in [-0.4, -0.2) is 35.9 Å². The van der Waals surface area contributed by atoms with Crippen molar-refractivity contribution in [1.82, 2.24) is 4.98 Å². The van der Waals surface area contributed by atoms with Crippen molar-refractivity contribution in [2.24, 2.45) is 5.92 Å². The number of amides is 2. The summed E-state index contributed by atoms with van der Waals surface area (Å²) < 4.78 is 4.89. The molecule has 0 aliphatic carbocycles. The zero-order chi connectivity index (χ0) is 19.4. The molecule has 1 saturated heterocycles. The summed E-state index contributed by atoms with van der Waals surface area (Å²) in [7, 11) is 0. The predicted octanol–water partition coefficient (Wildman–Crippen LogP) is 2.55. The van der Waals surface area contributed by atoms with Gasteiger partial charge >= 0.3 is 5.97 Å². The Kier molecular flexibility index (Phi) is 5.85. The van der Waals surface area contributed by atoms with E-state index >= 15 is 0 Å². The molecule has 2 heterocycles. The van der Waals surface area contributed by atoms with Gasteiger partial charge in [0.1, 0.15) is 0 Å². The van der Waals surface area contributed by atoms with E-state index in [1.54, 1.807) is 17.2 Å². The van der Waals surface area contributed by atoms with Crippen LogP contribution < -0.4 is 10.2 Å². The highest BCUT2D eigenvalue weighted by Gasteiger charge is 2.35. The van der Waals surface area contributed by atoms with E-state index in [9.17, 15) is 14.4 Å². The highest BCUT2D eigenvalue weighted by atomic mass is 32.1. The molecule has 1 unspecified atom stereocenters. The summed E-state index contributed by atoms with van der Waals surface area (Å²) in [5.41, 5.74) is 2.46. The van der Waals surface area contributed by atoms with Gasteiger partial charge < -0.3 is 15.0 Å². The maximum Gasteiger partial charge on any atom is 0.311 e. The summed E-state index contributed by atoms with van der Waals surface area (Å²) in [5, 5.41) is 4.88. The number of ether oxygens (including phenoxy) is 1. The topological polar surface area (TPSA) is 88.6 Å². The summed E-state index contributed by atoms with van der Waals surface area (Å²) in [6.45, 7) is 4.39. The van der Waals surface area contributed by atoms with E-state index < -0.39 is 5.92 Å². The van der Waals surface area contributed by atoms with Gasteiger partial charge in [0.25, 0.3) is 0 Å². The minimum Gasteiger partial charge on any atom is -0.466 e. The fourth-order valence-electron chi connectivity index (χ4n) is 2.87. The van der Waals surface area contributed by atoms with Gasteiger partial charge in [0.05, 0.1) is 24.6 Å². The van der Waals surface area contributed by atoms with Crippen LogP contribution in [0.1, 0.15) is 24.6 Å². The molecule has 142 valence electrons. The lowest BCUT2D eigenvalue weighted by Gasteiger charge is -2.16. The van der Waals surface area contributed by atoms with E-state index in [1.807, 2.05) is 31.2 Å². The van der Waals surface area contributed by atoms with Gasteiger partial charge in [0, 0.05) is 24.0 Å². The highest BCUT2D eigenvalue weighted by molar-refractivity contribution is 7.13. The molecule has 27 heavy (non-hydrogen) atoms. The number of nitrogens with one attached hydrogen (secondary N) is 1. The summed E-state index contributed by atoms with van der Waals surface area (Å²) in [4.78, 5) is 42.2. The fraction of sp³-hybridized carbons (Fsp3) is 0.368. The van der Waals surface area contributed by atoms with Crippen LogP contribution in [0.5, 0.6) is 0 Å². The number of aryl methyl sites for hydroxylation is 1. The van der Waals surface area contributed by atoms with Crippen LogP contribution in [0.15, 0.2) is 29.6 Å². The number of hydrogen-bond acceptors (Lipinski definition) is 6. The van der Waals surface area contributed by atoms with Crippen molar-refractivity contribution in [3.8, 4) is 0 Å². The number of carbonyl (C=O) groups is 3. The Morgan fingerprint density at radius 1 is 1.33 bits per heavy atom. The van der Waals surface area contributed by atoms with Crippen molar-refractivity contribution in [2.45, 2.75) is 26.7 Å². The van der Waals surface area contributed by atoms with Crippen LogP contribution in [0.25, 0.3) is 0 Å². The van der Waals surface area contributed by atoms with Crippen LogP contribution >= 0.6 is 11.3 Å². The molecule has 2 amide bonds. The Morgan fingerprint density at radius 3 is 2.78 bits per heavy atom. The molecular formula is C19H21N3O4S. The van der Waals surface area contributed by atoms with Gasteiger partial charge in [0.2, 0.25) is 11.8 Å². The lowest BCUT2D eigenvalue weighted by molar-refractivity contribution is -0.142. The summed E-state index contributed by atoms with van der Waals surface area (Å²) in [6, 6.07) is 7.65. The van der Waals surface area contributed by atoms with Crippen LogP contribution in [-0.2, 0) is 25.5 Å². The second-order valence-electron chi connectivity index (χ2n) is 6.36.